The molecule has 0 radical (unpaired) electrons. The minimum Gasteiger partial charge on any atom is -0.494 e. The number of rotatable bonds is 17. The van der Waals surface area contributed by atoms with Crippen molar-refractivity contribution in [3.63, 3.8) is 0 Å². The molecule has 1 aliphatic carbocycles. The molecule has 1 aromatic carbocycles. The second kappa shape index (κ2) is 16.8. The van der Waals surface area contributed by atoms with Gasteiger partial charge in [0.25, 0.3) is 0 Å². The molecule has 2 atom stereocenters. The lowest BCUT2D eigenvalue weighted by Gasteiger charge is -2.31. The molecule has 3 rings (SSSR count). The van der Waals surface area contributed by atoms with Gasteiger partial charge in [-0.1, -0.05) is 103 Å². The number of nitrogens with zero attached hydrogens (tertiary/aromatic N) is 1. The highest BCUT2D eigenvalue weighted by atomic mass is 16.5. The largest absolute Gasteiger partial charge is 0.494 e. The molecule has 0 aliphatic heterocycles. The van der Waals surface area contributed by atoms with Gasteiger partial charge in [-0.3, -0.25) is 4.98 Å². The Kier molecular flexibility index (Phi) is 13.3. The molecular formula is C33H51NO. The van der Waals surface area contributed by atoms with E-state index in [-0.39, 0.29) is 0 Å². The highest BCUT2D eigenvalue weighted by molar-refractivity contribution is 5.60. The van der Waals surface area contributed by atoms with E-state index < -0.39 is 0 Å². The number of unbranched alkanes of at least 4 members (excludes halogenated alkanes) is 7. The SMILES string of the molecule is CCCCCCCC1CCCCC1CCCOc1ccc(-c2ccc(CCCCCC)cn2)cc1. The van der Waals surface area contributed by atoms with E-state index >= 15 is 0 Å². The minimum atomic E-state index is 0.837. The maximum absolute atomic E-state index is 6.11. The van der Waals surface area contributed by atoms with Crippen LogP contribution in [0.3, 0.4) is 0 Å². The van der Waals surface area contributed by atoms with Crippen molar-refractivity contribution in [3.8, 4) is 17.0 Å². The van der Waals surface area contributed by atoms with Gasteiger partial charge in [-0.25, -0.2) is 0 Å². The van der Waals surface area contributed by atoms with Crippen LogP contribution in [0.2, 0.25) is 0 Å². The maximum atomic E-state index is 6.11. The van der Waals surface area contributed by atoms with E-state index in [4.69, 9.17) is 9.72 Å². The van der Waals surface area contributed by atoms with Crippen LogP contribution < -0.4 is 4.74 Å². The Morgan fingerprint density at radius 2 is 1.37 bits per heavy atom. The van der Waals surface area contributed by atoms with E-state index in [1.165, 1.54) is 114 Å². The molecule has 194 valence electrons. The van der Waals surface area contributed by atoms with Crippen LogP contribution in [0.4, 0.5) is 0 Å². The highest BCUT2D eigenvalue weighted by Crippen LogP contribution is 2.36. The second-order valence-corrected chi connectivity index (χ2v) is 10.9. The number of hydrogen-bond acceptors (Lipinski definition) is 2. The van der Waals surface area contributed by atoms with Crippen LogP contribution >= 0.6 is 0 Å². The Balaban J connectivity index is 1.36. The highest BCUT2D eigenvalue weighted by Gasteiger charge is 2.24. The molecule has 2 aromatic rings. The first-order valence-corrected chi connectivity index (χ1v) is 15.0. The zero-order valence-corrected chi connectivity index (χ0v) is 22.8. The minimum absolute atomic E-state index is 0.837. The Labute approximate surface area is 216 Å². The Morgan fingerprint density at radius 3 is 2.03 bits per heavy atom. The lowest BCUT2D eigenvalue weighted by Crippen LogP contribution is -2.20. The van der Waals surface area contributed by atoms with Crippen molar-refractivity contribution < 1.29 is 4.74 Å². The summed E-state index contributed by atoms with van der Waals surface area (Å²) in [5, 5.41) is 0. The molecule has 0 saturated heterocycles. The summed E-state index contributed by atoms with van der Waals surface area (Å²) in [6, 6.07) is 12.9. The third-order valence-electron chi connectivity index (χ3n) is 8.03. The van der Waals surface area contributed by atoms with Gasteiger partial charge < -0.3 is 4.74 Å². The van der Waals surface area contributed by atoms with Crippen molar-refractivity contribution in [1.29, 1.82) is 0 Å². The van der Waals surface area contributed by atoms with Crippen molar-refractivity contribution in [2.45, 2.75) is 123 Å². The van der Waals surface area contributed by atoms with Gasteiger partial charge in [0.15, 0.2) is 0 Å². The number of ether oxygens (including phenoxy) is 1. The average Bonchev–Trinajstić information content (AvgIpc) is 2.90. The first kappa shape index (κ1) is 27.8. The van der Waals surface area contributed by atoms with Gasteiger partial charge in [0.2, 0.25) is 0 Å². The molecule has 0 N–H and O–H groups in total. The van der Waals surface area contributed by atoms with Crippen molar-refractivity contribution in [1.82, 2.24) is 4.98 Å². The topological polar surface area (TPSA) is 22.1 Å². The monoisotopic (exact) mass is 477 g/mol. The summed E-state index contributed by atoms with van der Waals surface area (Å²) < 4.78 is 6.11. The molecule has 1 fully saturated rings. The fraction of sp³-hybridized carbons (Fsp3) is 0.667. The molecule has 0 bridgehead atoms. The van der Waals surface area contributed by atoms with Crippen molar-refractivity contribution in [2.24, 2.45) is 11.8 Å². The first-order chi connectivity index (χ1) is 17.3. The Morgan fingerprint density at radius 1 is 0.714 bits per heavy atom. The van der Waals surface area contributed by atoms with Gasteiger partial charge in [-0.15, -0.1) is 0 Å². The summed E-state index contributed by atoms with van der Waals surface area (Å²) in [5.74, 6) is 2.89. The third kappa shape index (κ3) is 10.4. The normalized spacial score (nSPS) is 18.0. The number of pyridine rings is 1. The number of hydrogen-bond donors (Lipinski definition) is 0. The molecule has 1 saturated carbocycles. The lowest BCUT2D eigenvalue weighted by molar-refractivity contribution is 0.190. The summed E-state index contributed by atoms with van der Waals surface area (Å²) >= 11 is 0. The first-order valence-electron chi connectivity index (χ1n) is 15.0. The average molecular weight is 478 g/mol. The van der Waals surface area contributed by atoms with E-state index in [0.717, 1.165) is 36.3 Å². The smallest absolute Gasteiger partial charge is 0.119 e. The number of benzene rings is 1. The number of aryl methyl sites for hydroxylation is 1. The van der Waals surface area contributed by atoms with Crippen LogP contribution in [0.1, 0.15) is 122 Å². The van der Waals surface area contributed by atoms with Gasteiger partial charge in [0.05, 0.1) is 12.3 Å². The van der Waals surface area contributed by atoms with Gasteiger partial charge in [-0.2, -0.15) is 0 Å². The van der Waals surface area contributed by atoms with Crippen molar-refractivity contribution in [3.05, 3.63) is 48.2 Å². The van der Waals surface area contributed by atoms with E-state index in [9.17, 15) is 0 Å². The van der Waals surface area contributed by atoms with E-state index in [1.54, 1.807) is 0 Å². The zero-order valence-electron chi connectivity index (χ0n) is 22.8. The summed E-state index contributed by atoms with van der Waals surface area (Å²) in [6.45, 7) is 5.40. The summed E-state index contributed by atoms with van der Waals surface area (Å²) in [7, 11) is 0. The molecular weight excluding hydrogens is 426 g/mol. The van der Waals surface area contributed by atoms with Crippen LogP contribution in [0.5, 0.6) is 5.75 Å². The molecule has 2 nitrogen and oxygen atoms in total. The molecule has 1 heterocycles. The maximum Gasteiger partial charge on any atom is 0.119 e. The molecule has 0 amide bonds. The molecule has 0 spiro atoms. The number of aromatic nitrogens is 1. The van der Waals surface area contributed by atoms with Crippen LogP contribution in [-0.4, -0.2) is 11.6 Å². The molecule has 1 aromatic heterocycles. The summed E-state index contributed by atoms with van der Waals surface area (Å²) in [6.07, 6.45) is 25.3. The van der Waals surface area contributed by atoms with E-state index in [0.29, 0.717) is 0 Å². The predicted molar refractivity (Wildman–Crippen MR) is 151 cm³/mol. The Bertz CT molecular complexity index is 782. The second-order valence-electron chi connectivity index (χ2n) is 10.9. The zero-order chi connectivity index (χ0) is 24.6. The molecule has 35 heavy (non-hydrogen) atoms. The molecule has 2 unspecified atom stereocenters. The van der Waals surface area contributed by atoms with Crippen LogP contribution in [0.25, 0.3) is 11.3 Å². The van der Waals surface area contributed by atoms with Crippen LogP contribution in [-0.2, 0) is 6.42 Å². The Hall–Kier alpha value is -1.83. The van der Waals surface area contributed by atoms with Gasteiger partial charge in [0, 0.05) is 11.8 Å². The van der Waals surface area contributed by atoms with Crippen molar-refractivity contribution in [2.75, 3.05) is 6.61 Å². The quantitative estimate of drug-likeness (QED) is 0.211. The van der Waals surface area contributed by atoms with Gasteiger partial charge in [0.1, 0.15) is 5.75 Å². The van der Waals surface area contributed by atoms with Crippen LogP contribution in [0.15, 0.2) is 42.6 Å². The van der Waals surface area contributed by atoms with Crippen molar-refractivity contribution >= 4 is 0 Å². The standard InChI is InChI=1S/C33H51NO/c1-3-5-7-9-11-16-29-17-12-13-18-30(29)19-14-26-35-32-23-21-31(22-24-32)33-25-20-28(27-34-33)15-10-8-6-4-2/h20-25,27,29-30H,3-19,26H2,1-2H3. The fourth-order valence-corrected chi connectivity index (χ4v) is 5.81. The van der Waals surface area contributed by atoms with E-state index in [1.807, 2.05) is 0 Å². The molecule has 2 heteroatoms. The lowest BCUT2D eigenvalue weighted by atomic mass is 9.74. The third-order valence-corrected chi connectivity index (χ3v) is 8.03. The summed E-state index contributed by atoms with van der Waals surface area (Å²) in [4.78, 5) is 4.71. The summed E-state index contributed by atoms with van der Waals surface area (Å²) in [5.41, 5.74) is 3.56. The van der Waals surface area contributed by atoms with Crippen LogP contribution in [0, 0.1) is 11.8 Å². The van der Waals surface area contributed by atoms with Gasteiger partial charge in [-0.05, 0) is 73.4 Å². The van der Waals surface area contributed by atoms with E-state index in [2.05, 4.69) is 56.4 Å². The fourth-order valence-electron chi connectivity index (χ4n) is 5.81. The van der Waals surface area contributed by atoms with Gasteiger partial charge >= 0.3 is 0 Å². The molecule has 1 aliphatic rings. The predicted octanol–water partition coefficient (Wildman–Crippen LogP) is 10.2.